The van der Waals surface area contributed by atoms with Crippen molar-refractivity contribution < 1.29 is 42.1 Å². The molecule has 10 heteroatoms. The Balaban J connectivity index is 3.90. The van der Waals surface area contributed by atoms with Gasteiger partial charge in [-0.1, -0.05) is 306 Å². The van der Waals surface area contributed by atoms with Crippen LogP contribution >= 0.6 is 7.82 Å². The molecule has 9 nitrogen and oxygen atoms in total. The summed E-state index contributed by atoms with van der Waals surface area (Å²) < 4.78 is 34.6. The molecule has 0 radical (unpaired) electrons. The number of esters is 2. The molecule has 1 N–H and O–H groups in total. The van der Waals surface area contributed by atoms with Crippen LogP contribution in [0.1, 0.15) is 335 Å². The highest BCUT2D eigenvalue weighted by molar-refractivity contribution is 7.47. The second-order valence-electron chi connectivity index (χ2n) is 24.9. The molecule has 0 bridgehead atoms. The normalized spacial score (nSPS) is 13.5. The van der Waals surface area contributed by atoms with Crippen LogP contribution in [0.3, 0.4) is 0 Å². The lowest BCUT2D eigenvalue weighted by Gasteiger charge is -2.24. The molecule has 0 fully saturated rings. The lowest BCUT2D eigenvalue weighted by molar-refractivity contribution is -0.870. The number of ether oxygens (including phenoxy) is 2. The summed E-state index contributed by atoms with van der Waals surface area (Å²) >= 11 is 0. The zero-order valence-electron chi connectivity index (χ0n) is 54.7. The molecule has 480 valence electrons. The van der Waals surface area contributed by atoms with E-state index in [2.05, 4.69) is 74.6 Å². The fourth-order valence-electron chi connectivity index (χ4n) is 10.2. The number of quaternary nitrogens is 1. The van der Waals surface area contributed by atoms with Crippen LogP contribution < -0.4 is 0 Å². The first-order chi connectivity index (χ1) is 40.0. The topological polar surface area (TPSA) is 108 Å². The monoisotopic (exact) mass is 1170 g/mol. The van der Waals surface area contributed by atoms with Gasteiger partial charge in [-0.3, -0.25) is 18.6 Å². The number of carbonyl (C=O) groups is 2. The predicted octanol–water partition coefficient (Wildman–Crippen LogP) is 22.6. The van der Waals surface area contributed by atoms with Gasteiger partial charge in [0.1, 0.15) is 19.8 Å². The minimum atomic E-state index is -4.39. The Hall–Kier alpha value is -2.29. The zero-order chi connectivity index (χ0) is 59.8. The van der Waals surface area contributed by atoms with E-state index in [1.165, 1.54) is 218 Å². The second kappa shape index (κ2) is 63.2. The lowest BCUT2D eigenvalue weighted by atomic mass is 10.0. The van der Waals surface area contributed by atoms with E-state index in [-0.39, 0.29) is 32.0 Å². The highest BCUT2D eigenvalue weighted by Gasteiger charge is 2.27. The maximum absolute atomic E-state index is 12.8. The van der Waals surface area contributed by atoms with Gasteiger partial charge in [0.05, 0.1) is 27.7 Å². The summed E-state index contributed by atoms with van der Waals surface area (Å²) in [5.41, 5.74) is 0. The molecule has 0 aliphatic heterocycles. The van der Waals surface area contributed by atoms with Gasteiger partial charge in [-0.05, 0) is 77.0 Å². The Kier molecular flexibility index (Phi) is 61.5. The fraction of sp³-hybridized carbons (Fsp3) is 0.833. The van der Waals surface area contributed by atoms with Gasteiger partial charge < -0.3 is 18.9 Å². The van der Waals surface area contributed by atoms with E-state index >= 15 is 0 Å². The van der Waals surface area contributed by atoms with Crippen molar-refractivity contribution in [3.63, 3.8) is 0 Å². The number of phosphoric acid groups is 1. The standard InChI is InChI=1S/C72H134NO8P/c1-6-8-10-12-14-16-18-20-22-24-26-27-28-29-30-31-32-33-34-35-36-37-38-39-40-41-42-43-44-45-47-48-50-52-54-56-58-60-62-64-71(74)78-68-70(69-80-82(76,77)79-67-66-73(3,4)5)81-72(75)65-63-61-59-57-55-53-51-49-46-25-23-21-19-17-15-13-11-9-7-2/h9,11,15,17,21,23-24,26,46,49,70H,6-8,10,12-14,16,18-20,22,25,27-45,47-48,50-69H2,1-5H3/p+1/b11-9-,17-15-,23-21-,26-24-,49-46-. The minimum absolute atomic E-state index is 0.0281. The van der Waals surface area contributed by atoms with E-state index in [0.717, 1.165) is 83.5 Å². The van der Waals surface area contributed by atoms with Gasteiger partial charge in [-0.25, -0.2) is 4.57 Å². The average molecular weight is 1170 g/mol. The highest BCUT2D eigenvalue weighted by Crippen LogP contribution is 2.43. The number of rotatable bonds is 65. The SMILES string of the molecule is CC/C=C\C/C=C\C/C=C\C/C=C\CCCCCCCCC(=O)OC(COC(=O)CCCCCCCCCCCCCCCCCCCCCCCCCCCCC/C=C\CCCCCCCCCC)COP(=O)(O)OCC[N+](C)(C)C. The molecule has 0 saturated heterocycles. The average Bonchev–Trinajstić information content (AvgIpc) is 3.46. The van der Waals surface area contributed by atoms with Gasteiger partial charge in [0, 0.05) is 12.8 Å². The number of phosphoric ester groups is 1. The van der Waals surface area contributed by atoms with Gasteiger partial charge in [-0.15, -0.1) is 0 Å². The number of nitrogens with zero attached hydrogens (tertiary/aromatic N) is 1. The smallest absolute Gasteiger partial charge is 0.462 e. The molecule has 0 spiro atoms. The van der Waals surface area contributed by atoms with Gasteiger partial charge in [0.15, 0.2) is 6.10 Å². The number of hydrogen-bond donors (Lipinski definition) is 1. The number of carbonyl (C=O) groups excluding carboxylic acids is 2. The predicted molar refractivity (Wildman–Crippen MR) is 353 cm³/mol. The number of unbranched alkanes of at least 4 members (excludes halogenated alkanes) is 41. The van der Waals surface area contributed by atoms with Crippen LogP contribution in [0.5, 0.6) is 0 Å². The Labute approximate surface area is 508 Å². The molecule has 0 aromatic rings. The molecule has 0 aromatic carbocycles. The van der Waals surface area contributed by atoms with E-state index in [1.807, 2.05) is 21.1 Å². The number of hydrogen-bond acceptors (Lipinski definition) is 7. The third-order valence-corrected chi connectivity index (χ3v) is 16.5. The third kappa shape index (κ3) is 66.8. The van der Waals surface area contributed by atoms with Crippen molar-refractivity contribution in [1.82, 2.24) is 0 Å². The van der Waals surface area contributed by atoms with Crippen molar-refractivity contribution >= 4 is 19.8 Å². The maximum atomic E-state index is 12.8. The molecule has 0 aliphatic carbocycles. The molecule has 0 rings (SSSR count). The van der Waals surface area contributed by atoms with Crippen LogP contribution in [-0.2, 0) is 32.7 Å². The van der Waals surface area contributed by atoms with Crippen molar-refractivity contribution in [1.29, 1.82) is 0 Å². The minimum Gasteiger partial charge on any atom is -0.462 e. The summed E-state index contributed by atoms with van der Waals surface area (Å²) in [4.78, 5) is 35.8. The summed E-state index contributed by atoms with van der Waals surface area (Å²) in [6.45, 7) is 4.34. The zero-order valence-corrected chi connectivity index (χ0v) is 55.6. The molecule has 0 aliphatic rings. The summed E-state index contributed by atoms with van der Waals surface area (Å²) in [5, 5.41) is 0. The molecule has 2 atom stereocenters. The Morgan fingerprint density at radius 1 is 0.390 bits per heavy atom. The van der Waals surface area contributed by atoms with E-state index in [1.54, 1.807) is 0 Å². The van der Waals surface area contributed by atoms with Crippen LogP contribution in [0.4, 0.5) is 0 Å². The van der Waals surface area contributed by atoms with Gasteiger partial charge in [0.2, 0.25) is 0 Å². The van der Waals surface area contributed by atoms with Crippen molar-refractivity contribution in [2.75, 3.05) is 47.5 Å². The Morgan fingerprint density at radius 2 is 0.695 bits per heavy atom. The summed E-state index contributed by atoms with van der Waals surface area (Å²) in [6, 6.07) is 0. The van der Waals surface area contributed by atoms with Crippen molar-refractivity contribution in [2.24, 2.45) is 0 Å². The van der Waals surface area contributed by atoms with Crippen LogP contribution in [0, 0.1) is 0 Å². The van der Waals surface area contributed by atoms with E-state index in [0.29, 0.717) is 17.4 Å². The lowest BCUT2D eigenvalue weighted by Crippen LogP contribution is -2.37. The Bertz CT molecular complexity index is 1570. The molecule has 82 heavy (non-hydrogen) atoms. The quantitative estimate of drug-likeness (QED) is 0.0211. The fourth-order valence-corrected chi connectivity index (χ4v) is 10.9. The second-order valence-corrected chi connectivity index (χ2v) is 26.3. The van der Waals surface area contributed by atoms with Crippen molar-refractivity contribution in [3.8, 4) is 0 Å². The van der Waals surface area contributed by atoms with E-state index in [4.69, 9.17) is 18.5 Å². The van der Waals surface area contributed by atoms with Crippen LogP contribution in [0.2, 0.25) is 0 Å². The van der Waals surface area contributed by atoms with Crippen LogP contribution in [0.25, 0.3) is 0 Å². The molecular formula is C72H135NO8P+. The largest absolute Gasteiger partial charge is 0.472 e. The first-order valence-corrected chi connectivity index (χ1v) is 36.5. The summed E-state index contributed by atoms with van der Waals surface area (Å²) in [7, 11) is 1.47. The van der Waals surface area contributed by atoms with Crippen LogP contribution in [0.15, 0.2) is 60.8 Å². The molecule has 0 heterocycles. The van der Waals surface area contributed by atoms with Gasteiger partial charge in [-0.2, -0.15) is 0 Å². The molecule has 2 unspecified atom stereocenters. The maximum Gasteiger partial charge on any atom is 0.472 e. The van der Waals surface area contributed by atoms with Crippen molar-refractivity contribution in [2.45, 2.75) is 341 Å². The highest BCUT2D eigenvalue weighted by atomic mass is 31.2. The van der Waals surface area contributed by atoms with E-state index < -0.39 is 26.5 Å². The van der Waals surface area contributed by atoms with Gasteiger partial charge >= 0.3 is 19.8 Å². The van der Waals surface area contributed by atoms with Crippen molar-refractivity contribution in [3.05, 3.63) is 60.8 Å². The van der Waals surface area contributed by atoms with Crippen LogP contribution in [-0.4, -0.2) is 74.9 Å². The number of allylic oxidation sites excluding steroid dienone is 10. The first kappa shape index (κ1) is 79.7. The molecular weight excluding hydrogens is 1040 g/mol. The van der Waals surface area contributed by atoms with E-state index in [9.17, 15) is 19.0 Å². The first-order valence-electron chi connectivity index (χ1n) is 35.0. The van der Waals surface area contributed by atoms with Gasteiger partial charge in [0.25, 0.3) is 0 Å². The Morgan fingerprint density at radius 3 is 1.05 bits per heavy atom. The summed E-state index contributed by atoms with van der Waals surface area (Å²) in [6.07, 6.45) is 83.5. The third-order valence-electron chi connectivity index (χ3n) is 15.5. The summed E-state index contributed by atoms with van der Waals surface area (Å²) in [5.74, 6) is -0.802. The molecule has 0 amide bonds. The molecule has 0 aromatic heterocycles. The number of likely N-dealkylation sites (N-methyl/N-ethyl adjacent to an activating group) is 1. The molecule has 0 saturated carbocycles.